The normalized spacial score (nSPS) is 16.2. The second-order valence-electron chi connectivity index (χ2n) is 10.3. The van der Waals surface area contributed by atoms with E-state index in [-0.39, 0.29) is 37.8 Å². The van der Waals surface area contributed by atoms with Crippen LogP contribution in [0.5, 0.6) is 23.0 Å². The number of carbonyl (C=O) groups excluding carboxylic acids is 2. The smallest absolute Gasteiger partial charge is 0.247 e. The second-order valence-corrected chi connectivity index (χ2v) is 10.3. The third kappa shape index (κ3) is 6.05. The van der Waals surface area contributed by atoms with E-state index in [1.165, 1.54) is 7.11 Å². The molecule has 0 unspecified atom stereocenters. The Balaban J connectivity index is 1.39. The topological polar surface area (TPSA) is 126 Å². The number of methoxy groups -OCH3 is 2. The third-order valence-electron chi connectivity index (χ3n) is 7.63. The van der Waals surface area contributed by atoms with Gasteiger partial charge in [0.05, 0.1) is 25.8 Å². The summed E-state index contributed by atoms with van der Waals surface area (Å²) >= 11 is 0. The summed E-state index contributed by atoms with van der Waals surface area (Å²) in [6.07, 6.45) is 1.73. The molecular weight excluding hydrogens is 554 g/mol. The first kappa shape index (κ1) is 28.3. The van der Waals surface area contributed by atoms with Crippen molar-refractivity contribution in [3.63, 3.8) is 0 Å². The minimum Gasteiger partial charge on any atom is -0.493 e. The van der Waals surface area contributed by atoms with Crippen LogP contribution in [0.25, 0.3) is 11.0 Å². The Bertz CT molecular complexity index is 1620. The van der Waals surface area contributed by atoms with Gasteiger partial charge in [0.1, 0.15) is 18.1 Å². The Hall–Kier alpha value is -4.84. The van der Waals surface area contributed by atoms with Gasteiger partial charge in [0.15, 0.2) is 23.0 Å². The summed E-state index contributed by atoms with van der Waals surface area (Å²) in [5.74, 6) is 1.47. The van der Waals surface area contributed by atoms with E-state index in [0.717, 1.165) is 18.4 Å². The molecule has 2 aliphatic rings. The summed E-state index contributed by atoms with van der Waals surface area (Å²) in [7, 11) is 3.07. The molecule has 43 heavy (non-hydrogen) atoms. The van der Waals surface area contributed by atoms with Gasteiger partial charge >= 0.3 is 0 Å². The van der Waals surface area contributed by atoms with Crippen LogP contribution in [-0.4, -0.2) is 72.0 Å². The van der Waals surface area contributed by atoms with E-state index < -0.39 is 6.04 Å². The van der Waals surface area contributed by atoms with Crippen molar-refractivity contribution in [2.24, 2.45) is 0 Å². The van der Waals surface area contributed by atoms with E-state index >= 15 is 0 Å². The number of hydrogen-bond acceptors (Lipinski definition) is 9. The van der Waals surface area contributed by atoms with Crippen LogP contribution < -0.4 is 24.3 Å². The average Bonchev–Trinajstić information content (AvgIpc) is 3.81. The molecule has 1 aromatic heterocycles. The van der Waals surface area contributed by atoms with Crippen LogP contribution in [0.4, 0.5) is 0 Å². The predicted octanol–water partition coefficient (Wildman–Crippen LogP) is 3.24. The number of amides is 2. The highest BCUT2D eigenvalue weighted by molar-refractivity contribution is 5.89. The van der Waals surface area contributed by atoms with Crippen molar-refractivity contribution in [1.29, 1.82) is 0 Å². The fourth-order valence-corrected chi connectivity index (χ4v) is 5.42. The van der Waals surface area contributed by atoms with Gasteiger partial charge in [-0.3, -0.25) is 9.59 Å². The maximum atomic E-state index is 14.3. The van der Waals surface area contributed by atoms with Crippen LogP contribution in [0.15, 0.2) is 60.7 Å². The lowest BCUT2D eigenvalue weighted by atomic mass is 10.0. The van der Waals surface area contributed by atoms with Crippen molar-refractivity contribution in [2.45, 2.75) is 38.1 Å². The zero-order chi connectivity index (χ0) is 29.8. The molecule has 0 spiro atoms. The van der Waals surface area contributed by atoms with Gasteiger partial charge in [-0.2, -0.15) is 0 Å². The lowest BCUT2D eigenvalue weighted by Crippen LogP contribution is -2.46. The van der Waals surface area contributed by atoms with Gasteiger partial charge < -0.3 is 33.9 Å². The Labute approximate surface area is 248 Å². The van der Waals surface area contributed by atoms with Gasteiger partial charge in [-0.15, -0.1) is 5.10 Å². The molecule has 2 aliphatic heterocycles. The van der Waals surface area contributed by atoms with Gasteiger partial charge in [-0.05, 0) is 60.4 Å². The molecular formula is C31H33N5O7. The maximum absolute atomic E-state index is 14.3. The first-order valence-electron chi connectivity index (χ1n) is 14.1. The van der Waals surface area contributed by atoms with E-state index in [9.17, 15) is 9.59 Å². The molecule has 1 saturated heterocycles. The average molecular weight is 588 g/mol. The van der Waals surface area contributed by atoms with E-state index in [4.69, 9.17) is 23.7 Å². The van der Waals surface area contributed by atoms with Gasteiger partial charge in [0.2, 0.25) is 18.6 Å². The molecule has 12 nitrogen and oxygen atoms in total. The van der Waals surface area contributed by atoms with Crippen molar-refractivity contribution < 1.29 is 33.3 Å². The number of nitrogens with one attached hydrogen (secondary N) is 1. The summed E-state index contributed by atoms with van der Waals surface area (Å²) < 4.78 is 29.3. The molecule has 1 fully saturated rings. The number of fused-ring (bicyclic) bond motifs is 2. The summed E-state index contributed by atoms with van der Waals surface area (Å²) in [6, 6.07) is 17.1. The van der Waals surface area contributed by atoms with E-state index in [1.807, 2.05) is 36.4 Å². The van der Waals surface area contributed by atoms with Crippen molar-refractivity contribution in [3.05, 3.63) is 71.8 Å². The highest BCUT2D eigenvalue weighted by atomic mass is 16.7. The molecule has 0 saturated carbocycles. The van der Waals surface area contributed by atoms with Crippen LogP contribution in [0, 0.1) is 0 Å². The first-order valence-corrected chi connectivity index (χ1v) is 14.1. The standard InChI is InChI=1S/C31H33N5O7/c1-39-25-12-10-21(15-27(25)40-2)30(31(38)32-16-22-6-5-13-41-22)35(17-20-9-11-26-28(14-20)43-19-42-26)29(37)18-36-24-8-4-3-7-23(24)33-34-36/h3-4,7-12,14-15,22,30H,5-6,13,16-19H2,1-2H3,(H,32,38)/t22-,30+/m1/s1. The van der Waals surface area contributed by atoms with Crippen LogP contribution in [0.1, 0.15) is 30.0 Å². The second kappa shape index (κ2) is 12.6. The summed E-state index contributed by atoms with van der Waals surface area (Å²) in [5.41, 5.74) is 2.70. The maximum Gasteiger partial charge on any atom is 0.247 e. The molecule has 0 bridgehead atoms. The number of aromatic nitrogens is 3. The Kier molecular flexibility index (Phi) is 8.27. The van der Waals surface area contributed by atoms with Crippen molar-refractivity contribution >= 4 is 22.8 Å². The molecule has 12 heteroatoms. The molecule has 0 aliphatic carbocycles. The molecule has 4 aromatic rings. The van der Waals surface area contributed by atoms with E-state index in [2.05, 4.69) is 15.6 Å². The fourth-order valence-electron chi connectivity index (χ4n) is 5.42. The zero-order valence-electron chi connectivity index (χ0n) is 24.0. The fraction of sp³-hybridized carbons (Fsp3) is 0.355. The Morgan fingerprint density at radius 2 is 1.88 bits per heavy atom. The molecule has 0 radical (unpaired) electrons. The molecule has 3 heterocycles. The third-order valence-corrected chi connectivity index (χ3v) is 7.63. The highest BCUT2D eigenvalue weighted by Crippen LogP contribution is 2.36. The van der Waals surface area contributed by atoms with Crippen molar-refractivity contribution in [1.82, 2.24) is 25.2 Å². The molecule has 1 N–H and O–H groups in total. The SMILES string of the molecule is COc1ccc([C@@H](C(=O)NC[C@H]2CCCO2)N(Cc2ccc3c(c2)OCO3)C(=O)Cn2nnc3ccccc32)cc1OC. The molecule has 3 aromatic carbocycles. The van der Waals surface area contributed by atoms with Crippen LogP contribution in [0.3, 0.4) is 0 Å². The Morgan fingerprint density at radius 3 is 2.70 bits per heavy atom. The van der Waals surface area contributed by atoms with Crippen LogP contribution >= 0.6 is 0 Å². The molecule has 224 valence electrons. The zero-order valence-corrected chi connectivity index (χ0v) is 24.0. The minimum atomic E-state index is -1.02. The van der Waals surface area contributed by atoms with Crippen molar-refractivity contribution in [2.75, 3.05) is 34.2 Å². The van der Waals surface area contributed by atoms with Gasteiger partial charge in [-0.1, -0.05) is 29.5 Å². The largest absolute Gasteiger partial charge is 0.493 e. The monoisotopic (exact) mass is 587 g/mol. The van der Waals surface area contributed by atoms with Crippen LogP contribution in [0.2, 0.25) is 0 Å². The summed E-state index contributed by atoms with van der Waals surface area (Å²) in [6.45, 7) is 1.10. The quantitative estimate of drug-likeness (QED) is 0.281. The number of hydrogen-bond donors (Lipinski definition) is 1. The van der Waals surface area contributed by atoms with Crippen LogP contribution in [-0.2, 0) is 27.4 Å². The number of benzene rings is 3. The van der Waals surface area contributed by atoms with E-state index in [1.54, 1.807) is 41.0 Å². The van der Waals surface area contributed by atoms with Crippen molar-refractivity contribution in [3.8, 4) is 23.0 Å². The van der Waals surface area contributed by atoms with Gasteiger partial charge in [0.25, 0.3) is 0 Å². The first-order chi connectivity index (χ1) is 21.0. The lowest BCUT2D eigenvalue weighted by molar-refractivity contribution is -0.142. The van der Waals surface area contributed by atoms with Gasteiger partial charge in [-0.25, -0.2) is 4.68 Å². The van der Waals surface area contributed by atoms with E-state index in [0.29, 0.717) is 52.7 Å². The minimum absolute atomic E-state index is 0.0745. The number of rotatable bonds is 11. The Morgan fingerprint density at radius 1 is 1.05 bits per heavy atom. The number of ether oxygens (including phenoxy) is 5. The predicted molar refractivity (Wildman–Crippen MR) is 155 cm³/mol. The lowest BCUT2D eigenvalue weighted by Gasteiger charge is -2.32. The molecule has 6 rings (SSSR count). The van der Waals surface area contributed by atoms with Gasteiger partial charge in [0, 0.05) is 19.7 Å². The molecule has 2 atom stereocenters. The highest BCUT2D eigenvalue weighted by Gasteiger charge is 2.34. The number of para-hydroxylation sites is 1. The molecule has 2 amide bonds. The number of carbonyl (C=O) groups is 2. The summed E-state index contributed by atoms with van der Waals surface area (Å²) in [4.78, 5) is 29.9. The summed E-state index contributed by atoms with van der Waals surface area (Å²) in [5, 5.41) is 11.4. The number of nitrogens with zero attached hydrogens (tertiary/aromatic N) is 4.